The molecule has 0 bridgehead atoms. The first-order valence-electron chi connectivity index (χ1n) is 4.10. The summed E-state index contributed by atoms with van der Waals surface area (Å²) in [6, 6.07) is 0. The van der Waals surface area contributed by atoms with Gasteiger partial charge in [-0.05, 0) is 6.92 Å². The molecule has 0 aliphatic carbocycles. The highest BCUT2D eigenvalue weighted by molar-refractivity contribution is 7.00. The van der Waals surface area contributed by atoms with Gasteiger partial charge in [-0.25, -0.2) is 4.79 Å². The van der Waals surface area contributed by atoms with E-state index in [-0.39, 0.29) is 5.69 Å². The molecule has 0 aliphatic heterocycles. The number of nitrogens with zero attached hydrogens (tertiary/aromatic N) is 4. The summed E-state index contributed by atoms with van der Waals surface area (Å²) in [6.45, 7) is 2.05. The number of carbonyl (C=O) groups is 1. The van der Waals surface area contributed by atoms with Gasteiger partial charge >= 0.3 is 5.97 Å². The van der Waals surface area contributed by atoms with Crippen LogP contribution in [-0.2, 0) is 4.74 Å². The van der Waals surface area contributed by atoms with E-state index in [2.05, 4.69) is 17.5 Å². The molecule has 0 N–H and O–H groups in total. The maximum Gasteiger partial charge on any atom is 0.360 e. The molecule has 0 spiro atoms. The summed E-state index contributed by atoms with van der Waals surface area (Å²) < 4.78 is 20.6. The van der Waals surface area contributed by atoms with Crippen molar-refractivity contribution in [2.24, 2.45) is 0 Å². The second kappa shape index (κ2) is 4.41. The number of rotatable bonds is 3. The second-order valence-corrected chi connectivity index (χ2v) is 3.56. The van der Waals surface area contributed by atoms with Crippen molar-refractivity contribution in [2.75, 3.05) is 6.61 Å². The summed E-state index contributed by atoms with van der Waals surface area (Å²) in [5, 5.41) is 0. The van der Waals surface area contributed by atoms with Crippen LogP contribution < -0.4 is 0 Å². The van der Waals surface area contributed by atoms with E-state index in [9.17, 15) is 4.79 Å². The lowest BCUT2D eigenvalue weighted by atomic mass is 10.2. The molecule has 0 radical (unpaired) electrons. The largest absolute Gasteiger partial charge is 0.461 e. The summed E-state index contributed by atoms with van der Waals surface area (Å²) in [7, 11) is 0. The van der Waals surface area contributed by atoms with Crippen molar-refractivity contribution in [2.45, 2.75) is 6.92 Å². The number of esters is 1. The molecule has 2 heterocycles. The van der Waals surface area contributed by atoms with Gasteiger partial charge in [0.25, 0.3) is 0 Å². The van der Waals surface area contributed by atoms with E-state index in [1.54, 1.807) is 13.1 Å². The third-order valence-electron chi connectivity index (χ3n) is 1.56. The van der Waals surface area contributed by atoms with Gasteiger partial charge in [-0.1, -0.05) is 0 Å². The van der Waals surface area contributed by atoms with Gasteiger partial charge < -0.3 is 4.74 Å². The van der Waals surface area contributed by atoms with Gasteiger partial charge in [0.05, 0.1) is 36.3 Å². The molecule has 2 aromatic heterocycles. The van der Waals surface area contributed by atoms with Crippen LogP contribution in [0.3, 0.4) is 0 Å². The maximum atomic E-state index is 11.5. The molecule has 0 atom stereocenters. The predicted molar refractivity (Wildman–Crippen MR) is 54.8 cm³/mol. The zero-order valence-electron chi connectivity index (χ0n) is 7.71. The van der Waals surface area contributed by atoms with Gasteiger partial charge in [0.15, 0.2) is 5.69 Å². The summed E-state index contributed by atoms with van der Waals surface area (Å²) >= 11 is 2.01. The van der Waals surface area contributed by atoms with E-state index in [4.69, 9.17) is 4.74 Å². The highest BCUT2D eigenvalue weighted by Gasteiger charge is 2.20. The minimum absolute atomic E-state index is 0.203. The van der Waals surface area contributed by atoms with Crippen molar-refractivity contribution >= 4 is 29.4 Å². The number of hydrogen-bond acceptors (Lipinski definition) is 8. The Morgan fingerprint density at radius 2 is 2.27 bits per heavy atom. The van der Waals surface area contributed by atoms with Gasteiger partial charge in [0.2, 0.25) is 0 Å². The molecular weight excluding hydrogens is 236 g/mol. The lowest BCUT2D eigenvalue weighted by Crippen LogP contribution is -2.06. The fourth-order valence-electron chi connectivity index (χ4n) is 0.959. The van der Waals surface area contributed by atoms with E-state index in [1.807, 2.05) is 0 Å². The van der Waals surface area contributed by atoms with E-state index >= 15 is 0 Å². The third-order valence-corrected chi connectivity index (χ3v) is 2.57. The monoisotopic (exact) mass is 242 g/mol. The fourth-order valence-corrected chi connectivity index (χ4v) is 1.92. The van der Waals surface area contributed by atoms with Gasteiger partial charge in [0, 0.05) is 0 Å². The average Bonchev–Trinajstić information content (AvgIpc) is 2.88. The molecule has 8 heteroatoms. The summed E-state index contributed by atoms with van der Waals surface area (Å²) in [6.07, 6.45) is 1.55. The van der Waals surface area contributed by atoms with Crippen molar-refractivity contribution in [3.8, 4) is 11.4 Å². The molecule has 0 saturated carbocycles. The third kappa shape index (κ3) is 2.00. The Balaban J connectivity index is 2.34. The highest BCUT2D eigenvalue weighted by atomic mass is 32.1. The quantitative estimate of drug-likeness (QED) is 0.753. The molecule has 0 amide bonds. The molecule has 0 unspecified atom stereocenters. The topological polar surface area (TPSA) is 77.9 Å². The average molecular weight is 242 g/mol. The Morgan fingerprint density at radius 1 is 1.40 bits per heavy atom. The standard InChI is InChI=1S/C7H6N4O2S2/c1-2-13-7(12)6-5(10-15-11-6)4-3-8-14-9-4/h3H,2H2,1H3. The van der Waals surface area contributed by atoms with Gasteiger partial charge in [-0.2, -0.15) is 17.5 Å². The van der Waals surface area contributed by atoms with Gasteiger partial charge in [0.1, 0.15) is 11.4 Å². The van der Waals surface area contributed by atoms with Crippen LogP contribution in [0.15, 0.2) is 6.20 Å². The first-order valence-corrected chi connectivity index (χ1v) is 5.56. The molecule has 2 aromatic rings. The number of carbonyl (C=O) groups excluding carboxylic acids is 1. The Bertz CT molecular complexity index is 453. The van der Waals surface area contributed by atoms with Gasteiger partial charge in [-0.3, -0.25) is 0 Å². The van der Waals surface area contributed by atoms with Crippen molar-refractivity contribution < 1.29 is 9.53 Å². The maximum absolute atomic E-state index is 11.5. The molecule has 78 valence electrons. The van der Waals surface area contributed by atoms with E-state index < -0.39 is 5.97 Å². The normalized spacial score (nSPS) is 10.2. The van der Waals surface area contributed by atoms with Crippen molar-refractivity contribution in [1.82, 2.24) is 17.5 Å². The summed E-state index contributed by atoms with van der Waals surface area (Å²) in [4.78, 5) is 11.5. The molecule has 0 fully saturated rings. The summed E-state index contributed by atoms with van der Waals surface area (Å²) in [5.74, 6) is -0.478. The van der Waals surface area contributed by atoms with E-state index in [0.717, 1.165) is 23.5 Å². The molecule has 15 heavy (non-hydrogen) atoms. The zero-order chi connectivity index (χ0) is 10.7. The predicted octanol–water partition coefficient (Wildman–Crippen LogP) is 1.23. The number of aromatic nitrogens is 4. The lowest BCUT2D eigenvalue weighted by Gasteiger charge is -1.97. The summed E-state index contributed by atoms with van der Waals surface area (Å²) in [5.41, 5.74) is 1.19. The minimum Gasteiger partial charge on any atom is -0.461 e. The first kappa shape index (κ1) is 10.1. The fraction of sp³-hybridized carbons (Fsp3) is 0.286. The Kier molecular flexibility index (Phi) is 2.97. The molecule has 0 aliphatic rings. The van der Waals surface area contributed by atoms with Crippen LogP contribution in [0, 0.1) is 0 Å². The van der Waals surface area contributed by atoms with E-state index in [0.29, 0.717) is 18.0 Å². The van der Waals surface area contributed by atoms with Crippen molar-refractivity contribution in [3.63, 3.8) is 0 Å². The SMILES string of the molecule is CCOC(=O)c1nsnc1-c1cnsn1. The lowest BCUT2D eigenvalue weighted by molar-refractivity contribution is 0.0521. The Morgan fingerprint density at radius 3 is 2.93 bits per heavy atom. The van der Waals surface area contributed by atoms with Crippen molar-refractivity contribution in [1.29, 1.82) is 0 Å². The molecule has 0 saturated heterocycles. The molecule has 2 rings (SSSR count). The van der Waals surface area contributed by atoms with Crippen LogP contribution in [0.4, 0.5) is 0 Å². The Labute approximate surface area is 93.6 Å². The van der Waals surface area contributed by atoms with Gasteiger partial charge in [-0.15, -0.1) is 0 Å². The Hall–Kier alpha value is -1.41. The van der Waals surface area contributed by atoms with Crippen LogP contribution in [0.5, 0.6) is 0 Å². The molecular formula is C7H6N4O2S2. The van der Waals surface area contributed by atoms with E-state index in [1.165, 1.54) is 0 Å². The van der Waals surface area contributed by atoms with Crippen LogP contribution in [0.25, 0.3) is 11.4 Å². The minimum atomic E-state index is -0.478. The van der Waals surface area contributed by atoms with Crippen LogP contribution in [0.1, 0.15) is 17.4 Å². The van der Waals surface area contributed by atoms with Crippen LogP contribution in [-0.4, -0.2) is 30.1 Å². The molecule has 6 nitrogen and oxygen atoms in total. The zero-order valence-corrected chi connectivity index (χ0v) is 9.34. The number of hydrogen-bond donors (Lipinski definition) is 0. The highest BCUT2D eigenvalue weighted by Crippen LogP contribution is 2.20. The first-order chi connectivity index (χ1) is 7.33. The van der Waals surface area contributed by atoms with Crippen LogP contribution >= 0.6 is 23.5 Å². The molecule has 0 aromatic carbocycles. The van der Waals surface area contributed by atoms with Crippen molar-refractivity contribution in [3.05, 3.63) is 11.9 Å². The second-order valence-electron chi connectivity index (χ2n) is 2.47. The smallest absolute Gasteiger partial charge is 0.360 e. The van der Waals surface area contributed by atoms with Crippen LogP contribution in [0.2, 0.25) is 0 Å². The number of ether oxygens (including phenoxy) is 1.